The van der Waals surface area contributed by atoms with Gasteiger partial charge in [-0.05, 0) is 32.6 Å². The molecule has 0 bridgehead atoms. The van der Waals surface area contributed by atoms with Crippen molar-refractivity contribution in [3.63, 3.8) is 0 Å². The van der Waals surface area contributed by atoms with Crippen LogP contribution in [0.2, 0.25) is 0 Å². The van der Waals surface area contributed by atoms with Crippen LogP contribution in [-0.2, 0) is 21.2 Å². The lowest BCUT2D eigenvalue weighted by Gasteiger charge is -2.24. The number of nitrogens with one attached hydrogen (secondary N) is 1. The minimum absolute atomic E-state index is 0.0387. The van der Waals surface area contributed by atoms with E-state index >= 15 is 0 Å². The van der Waals surface area contributed by atoms with Gasteiger partial charge in [0.15, 0.2) is 26.8 Å². The second-order valence-corrected chi connectivity index (χ2v) is 11.2. The molecule has 2 fully saturated rings. The summed E-state index contributed by atoms with van der Waals surface area (Å²) >= 11 is 0. The Hall–Kier alpha value is -3.15. The zero-order valence-electron chi connectivity index (χ0n) is 19.5. The minimum atomic E-state index is -3.10. The maximum Gasteiger partial charge on any atom is 0.245 e. The van der Waals surface area contributed by atoms with Crippen molar-refractivity contribution >= 4 is 32.7 Å². The Morgan fingerprint density at radius 2 is 1.94 bits per heavy atom. The molecule has 0 saturated carbocycles. The number of anilines is 1. The van der Waals surface area contributed by atoms with E-state index in [0.717, 1.165) is 5.56 Å². The van der Waals surface area contributed by atoms with Crippen LogP contribution >= 0.6 is 0 Å². The van der Waals surface area contributed by atoms with Crippen molar-refractivity contribution in [1.29, 1.82) is 0 Å². The average molecular weight is 485 g/mol. The molecule has 2 saturated heterocycles. The van der Waals surface area contributed by atoms with Crippen LogP contribution in [-0.4, -0.2) is 78.8 Å². The molecule has 5 rings (SSSR count). The van der Waals surface area contributed by atoms with Gasteiger partial charge in [-0.1, -0.05) is 6.92 Å². The van der Waals surface area contributed by atoms with Crippen LogP contribution in [0, 0.1) is 12.8 Å². The smallest absolute Gasteiger partial charge is 0.245 e. The molecular weight excluding hydrogens is 456 g/mol. The first kappa shape index (κ1) is 22.6. The monoisotopic (exact) mass is 484 g/mol. The fourth-order valence-corrected chi connectivity index (χ4v) is 7.12. The number of carbonyl (C=O) groups excluding carboxylic acids is 1. The molecule has 34 heavy (non-hydrogen) atoms. The third-order valence-corrected chi connectivity index (χ3v) is 9.09. The highest BCUT2D eigenvalue weighted by Crippen LogP contribution is 2.34. The summed E-state index contributed by atoms with van der Waals surface area (Å²) in [6.07, 6.45) is 6.07. The Kier molecular flexibility index (Phi) is 5.70. The second kappa shape index (κ2) is 8.57. The summed E-state index contributed by atoms with van der Waals surface area (Å²) in [5.74, 6) is 1.98. The molecule has 0 spiro atoms. The largest absolute Gasteiger partial charge is 0.356 e. The summed E-state index contributed by atoms with van der Waals surface area (Å²) < 4.78 is 26.6. The van der Waals surface area contributed by atoms with Crippen LogP contribution in [0.15, 0.2) is 18.7 Å². The third-order valence-electron chi connectivity index (χ3n) is 6.83. The van der Waals surface area contributed by atoms with Gasteiger partial charge in [-0.15, -0.1) is 0 Å². The number of likely N-dealkylation sites (tertiary alicyclic amines) is 1. The van der Waals surface area contributed by atoms with Crippen molar-refractivity contribution in [2.45, 2.75) is 51.4 Å². The summed E-state index contributed by atoms with van der Waals surface area (Å²) in [7, 11) is -3.10. The quantitative estimate of drug-likeness (QED) is 0.551. The maximum atomic E-state index is 13.3. The fraction of sp³-hybridized carbons (Fsp3) is 0.545. The normalized spacial score (nSPS) is 22.1. The van der Waals surface area contributed by atoms with Crippen LogP contribution in [0.5, 0.6) is 0 Å². The number of fused-ring (bicyclic) bond motifs is 2. The summed E-state index contributed by atoms with van der Waals surface area (Å²) in [4.78, 5) is 37.2. The van der Waals surface area contributed by atoms with Crippen LogP contribution in [0.1, 0.15) is 32.5 Å². The topological polar surface area (TPSA) is 136 Å². The Bertz CT molecular complexity index is 1340. The predicted octanol–water partition coefficient (Wildman–Crippen LogP) is 1.45. The van der Waals surface area contributed by atoms with Gasteiger partial charge in [-0.3, -0.25) is 4.79 Å². The molecule has 3 aromatic rings. The van der Waals surface area contributed by atoms with Crippen LogP contribution in [0.3, 0.4) is 0 Å². The van der Waals surface area contributed by atoms with Gasteiger partial charge in [0.05, 0.1) is 16.6 Å². The van der Waals surface area contributed by atoms with Crippen molar-refractivity contribution in [2.24, 2.45) is 5.92 Å². The molecule has 3 aromatic heterocycles. The lowest BCUT2D eigenvalue weighted by Crippen LogP contribution is -2.42. The number of hydrogen-bond acceptors (Lipinski definition) is 9. The number of imidazole rings is 1. The highest BCUT2D eigenvalue weighted by Gasteiger charge is 2.48. The lowest BCUT2D eigenvalue weighted by molar-refractivity contribution is -0.131. The number of sulfone groups is 1. The van der Waals surface area contributed by atoms with Gasteiger partial charge in [-0.25, -0.2) is 33.3 Å². The van der Waals surface area contributed by atoms with E-state index in [1.807, 2.05) is 25.3 Å². The molecule has 0 radical (unpaired) electrons. The van der Waals surface area contributed by atoms with Crippen molar-refractivity contribution < 1.29 is 13.2 Å². The molecule has 11 nitrogen and oxygen atoms in total. The number of aromatic nitrogens is 6. The summed E-state index contributed by atoms with van der Waals surface area (Å²) in [6, 6.07) is -0.544. The standard InChI is InChI=1S/C22H28N8O3S/c1-4-16(22(31)29-10-14-6-7-34(32,33)17(14)11-29)27-19-18-21(26-12-25-19)30(5-2)20(28-18)15-8-23-13(3)24-9-15/h8-9,12,14,16-17H,4-7,10-11H2,1-3H3,(H,25,26,27)/t14-,16-,17+/m0/s1. The minimum Gasteiger partial charge on any atom is -0.356 e. The van der Waals surface area contributed by atoms with Gasteiger partial charge >= 0.3 is 0 Å². The van der Waals surface area contributed by atoms with E-state index in [9.17, 15) is 13.2 Å². The van der Waals surface area contributed by atoms with Gasteiger partial charge in [0.2, 0.25) is 5.91 Å². The molecule has 180 valence electrons. The first-order valence-corrected chi connectivity index (χ1v) is 13.3. The number of nitrogens with zero attached hydrogens (tertiary/aromatic N) is 7. The zero-order chi connectivity index (χ0) is 24.0. The summed E-state index contributed by atoms with van der Waals surface area (Å²) in [5, 5.41) is 2.83. The van der Waals surface area contributed by atoms with Crippen molar-refractivity contribution in [3.05, 3.63) is 24.5 Å². The van der Waals surface area contributed by atoms with Crippen molar-refractivity contribution in [3.8, 4) is 11.4 Å². The van der Waals surface area contributed by atoms with E-state index in [4.69, 9.17) is 4.98 Å². The molecule has 3 atom stereocenters. The van der Waals surface area contributed by atoms with Crippen molar-refractivity contribution in [2.75, 3.05) is 24.2 Å². The molecule has 0 aliphatic carbocycles. The van der Waals surface area contributed by atoms with Crippen LogP contribution < -0.4 is 5.32 Å². The molecule has 1 amide bonds. The van der Waals surface area contributed by atoms with E-state index in [2.05, 4.69) is 25.3 Å². The average Bonchev–Trinajstić information content (AvgIpc) is 3.50. The highest BCUT2D eigenvalue weighted by atomic mass is 32.2. The summed E-state index contributed by atoms with van der Waals surface area (Å²) in [6.45, 7) is 7.14. The molecule has 2 aliphatic heterocycles. The second-order valence-electron chi connectivity index (χ2n) is 8.90. The SMILES string of the molecule is CC[C@H](Nc1ncnc2c1nc(-c1cnc(C)nc1)n2CC)C(=O)N1C[C@@H]2CCS(=O)(=O)[C@@H]2C1. The molecule has 0 unspecified atom stereocenters. The predicted molar refractivity (Wildman–Crippen MR) is 127 cm³/mol. The third kappa shape index (κ3) is 3.79. The first-order valence-electron chi connectivity index (χ1n) is 11.6. The number of aryl methyl sites for hydroxylation is 2. The fourth-order valence-electron chi connectivity index (χ4n) is 4.97. The number of amides is 1. The Balaban J connectivity index is 1.43. The van der Waals surface area contributed by atoms with Crippen LogP contribution in [0.4, 0.5) is 5.82 Å². The highest BCUT2D eigenvalue weighted by molar-refractivity contribution is 7.92. The molecular formula is C22H28N8O3S. The molecule has 2 aliphatic rings. The Morgan fingerprint density at radius 1 is 1.18 bits per heavy atom. The van der Waals surface area contributed by atoms with E-state index < -0.39 is 21.1 Å². The Morgan fingerprint density at radius 3 is 2.62 bits per heavy atom. The first-order chi connectivity index (χ1) is 16.3. The van der Waals surface area contributed by atoms with Gasteiger partial charge in [0.25, 0.3) is 0 Å². The molecule has 0 aromatic carbocycles. The van der Waals surface area contributed by atoms with Crippen LogP contribution in [0.25, 0.3) is 22.6 Å². The van der Waals surface area contributed by atoms with Gasteiger partial charge in [-0.2, -0.15) is 0 Å². The van der Waals surface area contributed by atoms with E-state index in [1.165, 1.54) is 6.33 Å². The zero-order valence-corrected chi connectivity index (χ0v) is 20.3. The van der Waals surface area contributed by atoms with E-state index in [0.29, 0.717) is 54.6 Å². The Labute approximate surface area is 198 Å². The molecule has 1 N–H and O–H groups in total. The maximum absolute atomic E-state index is 13.3. The molecule has 12 heteroatoms. The van der Waals surface area contributed by atoms with Gasteiger partial charge in [0, 0.05) is 32.0 Å². The van der Waals surface area contributed by atoms with E-state index in [-0.39, 0.29) is 24.1 Å². The number of rotatable bonds is 6. The van der Waals surface area contributed by atoms with Crippen molar-refractivity contribution in [1.82, 2.24) is 34.4 Å². The number of carbonyl (C=O) groups is 1. The number of hydrogen-bond donors (Lipinski definition) is 1. The lowest BCUT2D eigenvalue weighted by atomic mass is 10.1. The van der Waals surface area contributed by atoms with Gasteiger partial charge < -0.3 is 14.8 Å². The van der Waals surface area contributed by atoms with Gasteiger partial charge in [0.1, 0.15) is 24.0 Å². The molecule has 5 heterocycles. The van der Waals surface area contributed by atoms with E-state index in [1.54, 1.807) is 17.3 Å². The summed E-state index contributed by atoms with van der Waals surface area (Å²) in [5.41, 5.74) is 1.98.